The molecule has 0 heterocycles. The van der Waals surface area contributed by atoms with Crippen molar-refractivity contribution in [2.45, 2.75) is 31.3 Å². The smallest absolute Gasteiger partial charge is 0.325 e. The highest BCUT2D eigenvalue weighted by atomic mass is 35.5. The van der Waals surface area contributed by atoms with E-state index < -0.39 is 12.0 Å². The Bertz CT molecular complexity index is 1030. The Morgan fingerprint density at radius 1 is 1.03 bits per heavy atom. The SMILES string of the molecule is CC(NC(C(=O)O)c1ccccc1)C(Cc1ccc(Cl)cc1)c1cccc(C#N)c1. The maximum Gasteiger partial charge on any atom is 0.325 e. The largest absolute Gasteiger partial charge is 0.480 e. The number of rotatable bonds is 8. The van der Waals surface area contributed by atoms with E-state index in [1.807, 2.05) is 79.7 Å². The number of carbonyl (C=O) groups is 1. The standard InChI is InChI=1S/C25H23ClN2O2/c1-17(28-24(25(29)30)20-7-3-2-4-8-20)23(15-18-10-12-22(26)13-11-18)21-9-5-6-19(14-21)16-27/h2-14,17,23-24,28H,15H2,1H3,(H,29,30). The quantitative estimate of drug-likeness (QED) is 0.517. The van der Waals surface area contributed by atoms with Gasteiger partial charge in [-0.05, 0) is 54.3 Å². The molecule has 3 aromatic carbocycles. The predicted molar refractivity (Wildman–Crippen MR) is 118 cm³/mol. The highest BCUT2D eigenvalue weighted by Crippen LogP contribution is 2.28. The molecule has 0 bridgehead atoms. The molecule has 3 atom stereocenters. The predicted octanol–water partition coefficient (Wildman–Crippen LogP) is 5.34. The lowest BCUT2D eigenvalue weighted by Gasteiger charge is -2.29. The molecule has 0 fully saturated rings. The monoisotopic (exact) mass is 418 g/mol. The van der Waals surface area contributed by atoms with Gasteiger partial charge in [0.15, 0.2) is 0 Å². The van der Waals surface area contributed by atoms with Gasteiger partial charge in [-0.15, -0.1) is 0 Å². The maximum absolute atomic E-state index is 12.0. The zero-order valence-corrected chi connectivity index (χ0v) is 17.4. The first-order valence-electron chi connectivity index (χ1n) is 9.76. The number of nitrogens with one attached hydrogen (secondary N) is 1. The topological polar surface area (TPSA) is 73.1 Å². The molecule has 3 aromatic rings. The molecule has 0 aromatic heterocycles. The molecule has 0 saturated carbocycles. The molecule has 0 spiro atoms. The first-order chi connectivity index (χ1) is 14.5. The van der Waals surface area contributed by atoms with E-state index in [4.69, 9.17) is 11.6 Å². The number of aliphatic carboxylic acids is 1. The van der Waals surface area contributed by atoms with Crippen LogP contribution in [0.25, 0.3) is 0 Å². The molecule has 2 N–H and O–H groups in total. The number of halogens is 1. The van der Waals surface area contributed by atoms with E-state index >= 15 is 0 Å². The first-order valence-corrected chi connectivity index (χ1v) is 10.1. The molecule has 3 rings (SSSR count). The number of nitrogens with zero attached hydrogens (tertiary/aromatic N) is 1. The van der Waals surface area contributed by atoms with Crippen LogP contribution in [0, 0.1) is 11.3 Å². The van der Waals surface area contributed by atoms with Gasteiger partial charge in [-0.3, -0.25) is 10.1 Å². The van der Waals surface area contributed by atoms with Crippen LogP contribution < -0.4 is 5.32 Å². The maximum atomic E-state index is 12.0. The Morgan fingerprint density at radius 2 is 1.70 bits per heavy atom. The second-order valence-electron chi connectivity index (χ2n) is 7.31. The summed E-state index contributed by atoms with van der Waals surface area (Å²) >= 11 is 6.03. The van der Waals surface area contributed by atoms with E-state index in [9.17, 15) is 15.2 Å². The van der Waals surface area contributed by atoms with Gasteiger partial charge in [-0.1, -0.05) is 66.2 Å². The Labute approximate surface area is 181 Å². The minimum Gasteiger partial charge on any atom is -0.480 e. The summed E-state index contributed by atoms with van der Waals surface area (Å²) in [7, 11) is 0. The summed E-state index contributed by atoms with van der Waals surface area (Å²) in [4.78, 5) is 12.0. The van der Waals surface area contributed by atoms with Gasteiger partial charge >= 0.3 is 5.97 Å². The van der Waals surface area contributed by atoms with E-state index in [1.165, 1.54) is 0 Å². The fourth-order valence-corrected chi connectivity index (χ4v) is 3.76. The molecule has 0 aliphatic rings. The van der Waals surface area contributed by atoms with Crippen LogP contribution in [0.2, 0.25) is 5.02 Å². The van der Waals surface area contributed by atoms with Crippen molar-refractivity contribution in [3.8, 4) is 6.07 Å². The van der Waals surface area contributed by atoms with Crippen LogP contribution in [-0.4, -0.2) is 17.1 Å². The molecular formula is C25H23ClN2O2. The molecule has 0 saturated heterocycles. The summed E-state index contributed by atoms with van der Waals surface area (Å²) in [5, 5.41) is 23.1. The zero-order valence-electron chi connectivity index (χ0n) is 16.6. The fourth-order valence-electron chi connectivity index (χ4n) is 3.63. The second kappa shape index (κ2) is 10.1. The molecular weight excluding hydrogens is 396 g/mol. The van der Waals surface area contributed by atoms with Crippen molar-refractivity contribution in [1.29, 1.82) is 5.26 Å². The third-order valence-corrected chi connectivity index (χ3v) is 5.48. The summed E-state index contributed by atoms with van der Waals surface area (Å²) in [6.07, 6.45) is 0.682. The molecule has 0 aliphatic heterocycles. The second-order valence-corrected chi connectivity index (χ2v) is 7.75. The van der Waals surface area contributed by atoms with Crippen LogP contribution >= 0.6 is 11.6 Å². The minimum absolute atomic E-state index is 0.0370. The Balaban J connectivity index is 1.92. The van der Waals surface area contributed by atoms with Crippen molar-refractivity contribution in [1.82, 2.24) is 5.32 Å². The molecule has 3 unspecified atom stereocenters. The summed E-state index contributed by atoms with van der Waals surface area (Å²) in [5.41, 5.74) is 3.36. The molecule has 5 heteroatoms. The zero-order chi connectivity index (χ0) is 21.5. The number of nitriles is 1. The van der Waals surface area contributed by atoms with Gasteiger partial charge < -0.3 is 5.11 Å². The Kier molecular flexibility index (Phi) is 7.24. The number of hydrogen-bond acceptors (Lipinski definition) is 3. The van der Waals surface area contributed by atoms with Gasteiger partial charge in [0.1, 0.15) is 6.04 Å². The molecule has 30 heavy (non-hydrogen) atoms. The van der Waals surface area contributed by atoms with Crippen molar-refractivity contribution in [3.05, 3.63) is 106 Å². The van der Waals surface area contributed by atoms with Gasteiger partial charge in [0.25, 0.3) is 0 Å². The van der Waals surface area contributed by atoms with Gasteiger partial charge in [0, 0.05) is 17.0 Å². The van der Waals surface area contributed by atoms with Crippen molar-refractivity contribution < 1.29 is 9.90 Å². The number of carboxylic acids is 1. The minimum atomic E-state index is -0.927. The van der Waals surface area contributed by atoms with Gasteiger partial charge in [-0.25, -0.2) is 0 Å². The van der Waals surface area contributed by atoms with Gasteiger partial charge in [0.05, 0.1) is 11.6 Å². The third kappa shape index (κ3) is 5.48. The number of hydrogen-bond donors (Lipinski definition) is 2. The van der Waals surface area contributed by atoms with Crippen LogP contribution in [0.4, 0.5) is 0 Å². The summed E-state index contributed by atoms with van der Waals surface area (Å²) in [6, 6.07) is 25.5. The summed E-state index contributed by atoms with van der Waals surface area (Å²) in [6.45, 7) is 1.98. The Hall–Kier alpha value is -3.13. The van der Waals surface area contributed by atoms with Crippen LogP contribution in [-0.2, 0) is 11.2 Å². The number of benzene rings is 3. The van der Waals surface area contributed by atoms with Crippen LogP contribution in [0.15, 0.2) is 78.9 Å². The molecule has 4 nitrogen and oxygen atoms in total. The first kappa shape index (κ1) is 21.6. The van der Waals surface area contributed by atoms with Crippen molar-refractivity contribution in [2.75, 3.05) is 0 Å². The van der Waals surface area contributed by atoms with Gasteiger partial charge in [-0.2, -0.15) is 5.26 Å². The fraction of sp³-hybridized carbons (Fsp3) is 0.200. The summed E-state index contributed by atoms with van der Waals surface area (Å²) < 4.78 is 0. The van der Waals surface area contributed by atoms with Crippen LogP contribution in [0.3, 0.4) is 0 Å². The van der Waals surface area contributed by atoms with E-state index in [-0.39, 0.29) is 12.0 Å². The average Bonchev–Trinajstić information content (AvgIpc) is 2.77. The van der Waals surface area contributed by atoms with E-state index in [0.29, 0.717) is 22.6 Å². The van der Waals surface area contributed by atoms with Crippen molar-refractivity contribution >= 4 is 17.6 Å². The molecule has 0 radical (unpaired) electrons. The van der Waals surface area contributed by atoms with Crippen LogP contribution in [0.1, 0.15) is 41.1 Å². The lowest BCUT2D eigenvalue weighted by Crippen LogP contribution is -2.39. The highest BCUT2D eigenvalue weighted by Gasteiger charge is 2.27. The lowest BCUT2D eigenvalue weighted by atomic mass is 9.85. The highest BCUT2D eigenvalue weighted by molar-refractivity contribution is 6.30. The lowest BCUT2D eigenvalue weighted by molar-refractivity contribution is -0.139. The average molecular weight is 419 g/mol. The van der Waals surface area contributed by atoms with Crippen molar-refractivity contribution in [2.24, 2.45) is 0 Å². The Morgan fingerprint density at radius 3 is 2.33 bits per heavy atom. The summed E-state index contributed by atoms with van der Waals surface area (Å²) in [5.74, 6) is -0.964. The molecule has 152 valence electrons. The normalized spacial score (nSPS) is 13.8. The van der Waals surface area contributed by atoms with E-state index in [1.54, 1.807) is 6.07 Å². The molecule has 0 aliphatic carbocycles. The van der Waals surface area contributed by atoms with Crippen molar-refractivity contribution in [3.63, 3.8) is 0 Å². The van der Waals surface area contributed by atoms with Crippen LogP contribution in [0.5, 0.6) is 0 Å². The number of carboxylic acid groups (broad SMARTS) is 1. The van der Waals surface area contributed by atoms with Gasteiger partial charge in [0.2, 0.25) is 0 Å². The molecule has 0 amide bonds. The third-order valence-electron chi connectivity index (χ3n) is 5.23. The van der Waals surface area contributed by atoms with E-state index in [0.717, 1.165) is 11.1 Å². The van der Waals surface area contributed by atoms with E-state index in [2.05, 4.69) is 11.4 Å².